The molecule has 4 nitrogen and oxygen atoms in total. The van der Waals surface area contributed by atoms with E-state index < -0.39 is 33.7 Å². The molecule has 0 aromatic heterocycles. The quantitative estimate of drug-likeness (QED) is 0.748. The molecule has 0 aliphatic heterocycles. The van der Waals surface area contributed by atoms with E-state index in [2.05, 4.69) is 0 Å². The van der Waals surface area contributed by atoms with Crippen LogP contribution in [-0.4, -0.2) is 37.2 Å². The number of hydrogen-bond donors (Lipinski definition) is 1. The smallest absolute Gasteiger partial charge is 0.406 e. The number of carbonyl (C=O) groups is 1. The van der Waals surface area contributed by atoms with Crippen LogP contribution in [0.2, 0.25) is 0 Å². The van der Waals surface area contributed by atoms with E-state index in [0.717, 1.165) is 0 Å². The summed E-state index contributed by atoms with van der Waals surface area (Å²) in [5.74, 6) is -1.80. The zero-order valence-electron chi connectivity index (χ0n) is 6.50. The van der Waals surface area contributed by atoms with E-state index >= 15 is 0 Å². The van der Waals surface area contributed by atoms with E-state index in [1.54, 1.807) is 0 Å². The Balaban J connectivity index is 4.90. The van der Waals surface area contributed by atoms with Crippen LogP contribution in [-0.2, 0) is 14.6 Å². The second-order valence-corrected chi connectivity index (χ2v) is 4.69. The molecule has 0 fully saturated rings. The predicted octanol–water partition coefficient (Wildman–Crippen LogP) is 0.437. The second-order valence-electron chi connectivity index (χ2n) is 2.46. The third-order valence-electron chi connectivity index (χ3n) is 1.24. The number of alkyl halides is 3. The Hall–Kier alpha value is -0.790. The van der Waals surface area contributed by atoms with Gasteiger partial charge in [-0.3, -0.25) is 4.79 Å². The molecule has 1 unspecified atom stereocenters. The first kappa shape index (κ1) is 12.2. The van der Waals surface area contributed by atoms with Crippen molar-refractivity contribution in [2.24, 2.45) is 0 Å². The van der Waals surface area contributed by atoms with Gasteiger partial charge in [-0.2, -0.15) is 13.2 Å². The third kappa shape index (κ3) is 4.11. The lowest BCUT2D eigenvalue weighted by molar-refractivity contribution is -0.150. The molecule has 1 N–H and O–H groups in total. The van der Waals surface area contributed by atoms with Gasteiger partial charge < -0.3 is 5.11 Å². The van der Waals surface area contributed by atoms with Gasteiger partial charge in [0.1, 0.15) is 0 Å². The summed E-state index contributed by atoms with van der Waals surface area (Å²) in [6.45, 7) is 0. The molecule has 0 radical (unpaired) electrons. The molecule has 0 aliphatic carbocycles. The van der Waals surface area contributed by atoms with Crippen LogP contribution in [0.15, 0.2) is 0 Å². The number of halogens is 3. The highest BCUT2D eigenvalue weighted by Crippen LogP contribution is 2.27. The van der Waals surface area contributed by atoms with E-state index in [1.807, 2.05) is 0 Å². The number of carboxylic acid groups (broad SMARTS) is 1. The van der Waals surface area contributed by atoms with Gasteiger partial charge in [0, 0.05) is 6.26 Å². The maximum absolute atomic E-state index is 11.9. The van der Waals surface area contributed by atoms with Gasteiger partial charge in [0.2, 0.25) is 0 Å². The van der Waals surface area contributed by atoms with Crippen LogP contribution in [0.4, 0.5) is 13.2 Å². The Morgan fingerprint density at radius 3 is 1.92 bits per heavy atom. The van der Waals surface area contributed by atoms with Crippen LogP contribution in [0.3, 0.4) is 0 Å². The topological polar surface area (TPSA) is 71.4 Å². The van der Waals surface area contributed by atoms with E-state index in [1.165, 1.54) is 0 Å². The summed E-state index contributed by atoms with van der Waals surface area (Å²) in [4.78, 5) is 9.94. The van der Waals surface area contributed by atoms with Crippen LogP contribution in [0.1, 0.15) is 6.42 Å². The van der Waals surface area contributed by atoms with E-state index in [0.29, 0.717) is 6.26 Å². The average Bonchev–Trinajstić information content (AvgIpc) is 1.77. The Labute approximate surface area is 72.3 Å². The lowest BCUT2D eigenvalue weighted by atomic mass is 10.3. The summed E-state index contributed by atoms with van der Waals surface area (Å²) >= 11 is 0. The molecule has 0 saturated carbocycles. The van der Waals surface area contributed by atoms with Crippen LogP contribution < -0.4 is 0 Å². The fourth-order valence-corrected chi connectivity index (χ4v) is 1.60. The maximum Gasteiger partial charge on any atom is 0.406 e. The first-order valence-electron chi connectivity index (χ1n) is 3.02. The monoisotopic (exact) mass is 220 g/mol. The van der Waals surface area contributed by atoms with Crippen molar-refractivity contribution in [3.05, 3.63) is 0 Å². The van der Waals surface area contributed by atoms with Gasteiger partial charge in [-0.15, -0.1) is 0 Å². The van der Waals surface area contributed by atoms with Crippen molar-refractivity contribution >= 4 is 15.8 Å². The highest BCUT2D eigenvalue weighted by Gasteiger charge is 2.47. The highest BCUT2D eigenvalue weighted by molar-refractivity contribution is 7.91. The zero-order chi connectivity index (χ0) is 10.9. The van der Waals surface area contributed by atoms with Gasteiger partial charge in [0.05, 0.1) is 6.42 Å². The molecule has 1 atom stereocenters. The van der Waals surface area contributed by atoms with Crippen molar-refractivity contribution in [3.63, 3.8) is 0 Å². The van der Waals surface area contributed by atoms with Crippen molar-refractivity contribution < 1.29 is 31.5 Å². The molecule has 0 rings (SSSR count). The molecule has 0 amide bonds. The van der Waals surface area contributed by atoms with Gasteiger partial charge in [0.25, 0.3) is 0 Å². The lowest BCUT2D eigenvalue weighted by Crippen LogP contribution is -2.37. The van der Waals surface area contributed by atoms with Crippen LogP contribution in [0.25, 0.3) is 0 Å². The number of rotatable bonds is 3. The molecule has 0 spiro atoms. The van der Waals surface area contributed by atoms with Gasteiger partial charge in [-0.1, -0.05) is 0 Å². The third-order valence-corrected chi connectivity index (χ3v) is 2.71. The molecule has 0 aliphatic rings. The molecule has 0 heterocycles. The average molecular weight is 220 g/mol. The SMILES string of the molecule is CS(=O)(=O)C(CC(=O)O)C(F)(F)F. The Morgan fingerprint density at radius 2 is 1.85 bits per heavy atom. The Bertz CT molecular complexity index is 291. The van der Waals surface area contributed by atoms with Crippen molar-refractivity contribution in [2.75, 3.05) is 6.26 Å². The van der Waals surface area contributed by atoms with Gasteiger partial charge in [-0.25, -0.2) is 8.42 Å². The van der Waals surface area contributed by atoms with Crippen LogP contribution >= 0.6 is 0 Å². The first-order valence-corrected chi connectivity index (χ1v) is 4.98. The maximum atomic E-state index is 11.9. The minimum Gasteiger partial charge on any atom is -0.481 e. The normalized spacial score (nSPS) is 15.4. The zero-order valence-corrected chi connectivity index (χ0v) is 7.32. The van der Waals surface area contributed by atoms with Crippen LogP contribution in [0.5, 0.6) is 0 Å². The molecule has 13 heavy (non-hydrogen) atoms. The molecule has 8 heteroatoms. The fraction of sp³-hybridized carbons (Fsp3) is 0.800. The molecular weight excluding hydrogens is 213 g/mol. The number of aliphatic carboxylic acids is 1. The minimum atomic E-state index is -5.04. The Kier molecular flexibility index (Phi) is 3.31. The highest BCUT2D eigenvalue weighted by atomic mass is 32.2. The standard InChI is InChI=1S/C5H7F3O4S/c1-13(11,12)3(2-4(9)10)5(6,7)8/h3H,2H2,1H3,(H,9,10). The largest absolute Gasteiger partial charge is 0.481 e. The van der Waals surface area contributed by atoms with Gasteiger partial charge in [0.15, 0.2) is 15.1 Å². The summed E-state index contributed by atoms with van der Waals surface area (Å²) in [7, 11) is -4.42. The molecule has 0 aromatic rings. The number of hydrogen-bond acceptors (Lipinski definition) is 3. The summed E-state index contributed by atoms with van der Waals surface area (Å²) in [5, 5.41) is 5.22. The van der Waals surface area contributed by atoms with E-state index in [4.69, 9.17) is 5.11 Å². The molecule has 0 aromatic carbocycles. The first-order chi connectivity index (χ1) is 5.55. The number of sulfone groups is 1. The van der Waals surface area contributed by atoms with E-state index in [9.17, 15) is 26.4 Å². The summed E-state index contributed by atoms with van der Waals surface area (Å²) in [5.41, 5.74) is 0. The van der Waals surface area contributed by atoms with Crippen molar-refractivity contribution in [1.29, 1.82) is 0 Å². The minimum absolute atomic E-state index is 0.355. The number of carboxylic acids is 1. The second kappa shape index (κ2) is 3.52. The van der Waals surface area contributed by atoms with Crippen molar-refractivity contribution in [2.45, 2.75) is 17.8 Å². The van der Waals surface area contributed by atoms with Crippen molar-refractivity contribution in [3.8, 4) is 0 Å². The summed E-state index contributed by atoms with van der Waals surface area (Å²) in [6, 6.07) is 0. The summed E-state index contributed by atoms with van der Waals surface area (Å²) < 4.78 is 56.9. The van der Waals surface area contributed by atoms with Crippen molar-refractivity contribution in [1.82, 2.24) is 0 Å². The molecule has 0 saturated heterocycles. The van der Waals surface area contributed by atoms with Gasteiger partial charge >= 0.3 is 12.1 Å². The molecule has 78 valence electrons. The van der Waals surface area contributed by atoms with Gasteiger partial charge in [-0.05, 0) is 0 Å². The predicted molar refractivity (Wildman–Crippen MR) is 36.9 cm³/mol. The molecule has 0 bridgehead atoms. The lowest BCUT2D eigenvalue weighted by Gasteiger charge is -2.15. The molecular formula is C5H7F3O4S. The fourth-order valence-electron chi connectivity index (χ4n) is 0.668. The Morgan fingerprint density at radius 1 is 1.46 bits per heavy atom. The summed E-state index contributed by atoms with van der Waals surface area (Å²) in [6.07, 6.45) is -6.14. The van der Waals surface area contributed by atoms with E-state index in [-0.39, 0.29) is 0 Å². The van der Waals surface area contributed by atoms with Crippen LogP contribution in [0, 0.1) is 0 Å².